The Labute approximate surface area is 107 Å². The van der Waals surface area contributed by atoms with Crippen molar-refractivity contribution in [2.24, 2.45) is 0 Å². The first-order valence-electron chi connectivity index (χ1n) is 4.75. The van der Waals surface area contributed by atoms with Crippen LogP contribution in [-0.2, 0) is 16.4 Å². The minimum Gasteiger partial charge on any atom is -0.252 e. The van der Waals surface area contributed by atoms with Crippen LogP contribution >= 0.6 is 11.5 Å². The minimum absolute atomic E-state index is 0.0967. The van der Waals surface area contributed by atoms with Crippen molar-refractivity contribution in [3.63, 3.8) is 0 Å². The molecule has 0 bridgehead atoms. The van der Waals surface area contributed by atoms with Crippen molar-refractivity contribution in [2.75, 3.05) is 4.72 Å². The van der Waals surface area contributed by atoms with E-state index in [1.54, 1.807) is 12.1 Å². The molecule has 1 aromatic heterocycles. The van der Waals surface area contributed by atoms with Crippen LogP contribution in [0.5, 0.6) is 0 Å². The average molecular weight is 281 g/mol. The predicted molar refractivity (Wildman–Crippen MR) is 64.3 cm³/mol. The molecule has 0 amide bonds. The molecule has 7 nitrogen and oxygen atoms in total. The smallest absolute Gasteiger partial charge is 0.252 e. The van der Waals surface area contributed by atoms with E-state index >= 15 is 0 Å². The molecule has 0 spiro atoms. The summed E-state index contributed by atoms with van der Waals surface area (Å²) in [5.74, 6) is 0. The van der Waals surface area contributed by atoms with Gasteiger partial charge >= 0.3 is 0 Å². The van der Waals surface area contributed by atoms with Crippen molar-refractivity contribution in [3.8, 4) is 6.07 Å². The lowest BCUT2D eigenvalue weighted by Crippen LogP contribution is -2.12. The van der Waals surface area contributed by atoms with Crippen LogP contribution in [0.15, 0.2) is 29.2 Å². The van der Waals surface area contributed by atoms with Crippen LogP contribution in [0.3, 0.4) is 0 Å². The fourth-order valence-electron chi connectivity index (χ4n) is 1.22. The van der Waals surface area contributed by atoms with Gasteiger partial charge in [-0.05, 0) is 22.9 Å². The molecule has 0 saturated carbocycles. The summed E-state index contributed by atoms with van der Waals surface area (Å²) in [6.07, 6.45) is 0.244. The van der Waals surface area contributed by atoms with Crippen molar-refractivity contribution in [1.82, 2.24) is 14.8 Å². The number of aromatic nitrogens is 3. The summed E-state index contributed by atoms with van der Waals surface area (Å²) in [6, 6.07) is 8.04. The number of hydrogen-bond donors (Lipinski definition) is 1. The standard InChI is InChI=1S/C9H7N5O2S2/c10-6-5-7-1-3-8(4-2-7)18(15,16)12-9-11-13-14-17-9/h1-4H,5H2,(H,11,12,14). The lowest BCUT2D eigenvalue weighted by molar-refractivity contribution is 0.601. The van der Waals surface area contributed by atoms with E-state index in [2.05, 4.69) is 19.5 Å². The molecule has 2 rings (SSSR count). The van der Waals surface area contributed by atoms with Crippen LogP contribution in [0.4, 0.5) is 5.13 Å². The lowest BCUT2D eigenvalue weighted by Gasteiger charge is -2.04. The molecule has 1 N–H and O–H groups in total. The highest BCUT2D eigenvalue weighted by Gasteiger charge is 2.15. The van der Waals surface area contributed by atoms with Crippen LogP contribution in [0.25, 0.3) is 0 Å². The number of rotatable bonds is 4. The molecule has 2 aromatic rings. The zero-order valence-electron chi connectivity index (χ0n) is 8.94. The second kappa shape index (κ2) is 5.07. The van der Waals surface area contributed by atoms with Gasteiger partial charge in [-0.3, -0.25) is 4.72 Å². The molecule has 92 valence electrons. The maximum Gasteiger partial charge on any atom is 0.263 e. The Morgan fingerprint density at radius 1 is 1.33 bits per heavy atom. The third-order valence-electron chi connectivity index (χ3n) is 2.04. The summed E-state index contributed by atoms with van der Waals surface area (Å²) in [5.41, 5.74) is 0.758. The number of nitriles is 1. The van der Waals surface area contributed by atoms with E-state index in [-0.39, 0.29) is 16.4 Å². The molecule has 0 unspecified atom stereocenters. The Morgan fingerprint density at radius 3 is 2.61 bits per heavy atom. The molecular formula is C9H7N5O2S2. The monoisotopic (exact) mass is 281 g/mol. The summed E-state index contributed by atoms with van der Waals surface area (Å²) < 4.78 is 29.5. The topological polar surface area (TPSA) is 109 Å². The van der Waals surface area contributed by atoms with Gasteiger partial charge in [0.2, 0.25) is 5.13 Å². The van der Waals surface area contributed by atoms with Crippen LogP contribution in [-0.4, -0.2) is 23.2 Å². The molecule has 1 aromatic carbocycles. The van der Waals surface area contributed by atoms with E-state index < -0.39 is 10.0 Å². The van der Waals surface area contributed by atoms with E-state index in [1.807, 2.05) is 6.07 Å². The van der Waals surface area contributed by atoms with Gasteiger partial charge in [0.1, 0.15) is 0 Å². The number of sulfonamides is 1. The Hall–Kier alpha value is -2.05. The predicted octanol–water partition coefficient (Wildman–Crippen LogP) is 0.800. The van der Waals surface area contributed by atoms with Crippen LogP contribution < -0.4 is 4.72 Å². The van der Waals surface area contributed by atoms with E-state index in [1.165, 1.54) is 12.1 Å². The fourth-order valence-corrected chi connectivity index (χ4v) is 2.81. The summed E-state index contributed by atoms with van der Waals surface area (Å²) in [5, 5.41) is 15.4. The van der Waals surface area contributed by atoms with Crippen molar-refractivity contribution < 1.29 is 8.42 Å². The largest absolute Gasteiger partial charge is 0.263 e. The van der Waals surface area contributed by atoms with Crippen molar-refractivity contribution in [1.29, 1.82) is 5.26 Å². The molecule has 18 heavy (non-hydrogen) atoms. The van der Waals surface area contributed by atoms with Gasteiger partial charge in [-0.1, -0.05) is 21.7 Å². The van der Waals surface area contributed by atoms with E-state index in [4.69, 9.17) is 5.26 Å². The SMILES string of the molecule is N#CCc1ccc(S(=O)(=O)Nc2nnns2)cc1. The highest BCUT2D eigenvalue weighted by Crippen LogP contribution is 2.16. The van der Waals surface area contributed by atoms with Gasteiger partial charge in [0, 0.05) is 11.5 Å². The maximum absolute atomic E-state index is 11.9. The molecule has 0 aliphatic carbocycles. The highest BCUT2D eigenvalue weighted by molar-refractivity contribution is 7.93. The van der Waals surface area contributed by atoms with Gasteiger partial charge in [-0.15, -0.1) is 0 Å². The first-order valence-corrected chi connectivity index (χ1v) is 7.01. The zero-order chi connectivity index (χ0) is 13.0. The first-order chi connectivity index (χ1) is 8.62. The van der Waals surface area contributed by atoms with Crippen LogP contribution in [0.1, 0.15) is 5.56 Å². The summed E-state index contributed by atoms with van der Waals surface area (Å²) in [7, 11) is -3.68. The van der Waals surface area contributed by atoms with Gasteiger partial charge in [-0.2, -0.15) is 5.26 Å². The van der Waals surface area contributed by atoms with Crippen LogP contribution in [0, 0.1) is 11.3 Å². The Balaban J connectivity index is 2.22. The lowest BCUT2D eigenvalue weighted by atomic mass is 10.2. The van der Waals surface area contributed by atoms with Gasteiger partial charge in [-0.25, -0.2) is 8.42 Å². The first kappa shape index (κ1) is 12.4. The second-order valence-electron chi connectivity index (χ2n) is 3.25. The molecule has 0 radical (unpaired) electrons. The summed E-state index contributed by atoms with van der Waals surface area (Å²) in [4.78, 5) is 0.0967. The molecule has 0 fully saturated rings. The maximum atomic E-state index is 11.9. The Morgan fingerprint density at radius 2 is 2.06 bits per heavy atom. The van der Waals surface area contributed by atoms with Gasteiger partial charge in [0.15, 0.2) is 0 Å². The molecule has 0 aliphatic rings. The second-order valence-corrected chi connectivity index (χ2v) is 5.67. The van der Waals surface area contributed by atoms with E-state index in [9.17, 15) is 8.42 Å². The molecule has 9 heteroatoms. The van der Waals surface area contributed by atoms with Crippen molar-refractivity contribution >= 4 is 26.7 Å². The van der Waals surface area contributed by atoms with E-state index in [0.717, 1.165) is 17.1 Å². The quantitative estimate of drug-likeness (QED) is 0.887. The van der Waals surface area contributed by atoms with Gasteiger partial charge < -0.3 is 0 Å². The number of nitrogens with zero attached hydrogens (tertiary/aromatic N) is 4. The molecule has 1 heterocycles. The minimum atomic E-state index is -3.68. The van der Waals surface area contributed by atoms with Gasteiger partial charge in [0.25, 0.3) is 10.0 Å². The summed E-state index contributed by atoms with van der Waals surface area (Å²) >= 11 is 0.850. The zero-order valence-corrected chi connectivity index (χ0v) is 10.6. The third-order valence-corrected chi connectivity index (χ3v) is 4.03. The van der Waals surface area contributed by atoms with Crippen LogP contribution in [0.2, 0.25) is 0 Å². The molecular weight excluding hydrogens is 274 g/mol. The third kappa shape index (κ3) is 2.79. The average Bonchev–Trinajstić information content (AvgIpc) is 2.82. The number of hydrogen-bond acceptors (Lipinski definition) is 7. The normalized spacial score (nSPS) is 10.8. The number of nitrogens with one attached hydrogen (secondary N) is 1. The number of anilines is 1. The highest BCUT2D eigenvalue weighted by atomic mass is 32.2. The Kier molecular flexibility index (Phi) is 3.50. The van der Waals surface area contributed by atoms with E-state index in [0.29, 0.717) is 0 Å². The van der Waals surface area contributed by atoms with Gasteiger partial charge in [0.05, 0.1) is 17.4 Å². The molecule has 0 atom stereocenters. The molecule has 0 aliphatic heterocycles. The Bertz CT molecular complexity index is 658. The summed E-state index contributed by atoms with van der Waals surface area (Å²) in [6.45, 7) is 0. The van der Waals surface area contributed by atoms with Crippen molar-refractivity contribution in [2.45, 2.75) is 11.3 Å². The number of benzene rings is 1. The van der Waals surface area contributed by atoms with Crippen molar-refractivity contribution in [3.05, 3.63) is 29.8 Å². The molecule has 0 saturated heterocycles. The fraction of sp³-hybridized carbons (Fsp3) is 0.111.